The molecule has 0 unspecified atom stereocenters. The van der Waals surface area contributed by atoms with Gasteiger partial charge in [-0.2, -0.15) is 10.2 Å². The monoisotopic (exact) mass is 413 g/mol. The maximum Gasteiger partial charge on any atom is 0.269 e. The van der Waals surface area contributed by atoms with Crippen LogP contribution in [0.4, 0.5) is 4.39 Å². The summed E-state index contributed by atoms with van der Waals surface area (Å²) in [5.41, 5.74) is 1.88. The van der Waals surface area contributed by atoms with E-state index in [2.05, 4.69) is 32.0 Å². The standard InChI is InChI=1S/C19H13BrFN3O2/c20-17-18(25)23-16(9-12-1-3-13(10-22)4-2-12)24-19(17)26-11-14-5-7-15(21)8-6-14/h1-8H,9,11H2,(H,23,24,25). The molecule has 0 fully saturated rings. The molecule has 0 aliphatic rings. The van der Waals surface area contributed by atoms with Crippen molar-refractivity contribution in [2.24, 2.45) is 0 Å². The van der Waals surface area contributed by atoms with Crippen LogP contribution in [0.15, 0.2) is 57.8 Å². The lowest BCUT2D eigenvalue weighted by Gasteiger charge is -2.09. The molecular weight excluding hydrogens is 401 g/mol. The number of halogens is 2. The number of hydrogen-bond donors (Lipinski definition) is 1. The predicted molar refractivity (Wildman–Crippen MR) is 97.3 cm³/mol. The Labute approximate surface area is 157 Å². The molecule has 0 aliphatic carbocycles. The zero-order valence-corrected chi connectivity index (χ0v) is 15.1. The largest absolute Gasteiger partial charge is 0.472 e. The highest BCUT2D eigenvalue weighted by atomic mass is 79.9. The summed E-state index contributed by atoms with van der Waals surface area (Å²) < 4.78 is 18.8. The molecule has 130 valence electrons. The number of aromatic amines is 1. The van der Waals surface area contributed by atoms with Crippen LogP contribution in [0.1, 0.15) is 22.5 Å². The van der Waals surface area contributed by atoms with E-state index in [9.17, 15) is 9.18 Å². The highest BCUT2D eigenvalue weighted by molar-refractivity contribution is 9.10. The molecule has 0 atom stereocenters. The van der Waals surface area contributed by atoms with Crippen LogP contribution >= 0.6 is 15.9 Å². The van der Waals surface area contributed by atoms with Gasteiger partial charge in [-0.25, -0.2) is 4.39 Å². The van der Waals surface area contributed by atoms with Gasteiger partial charge in [-0.15, -0.1) is 0 Å². The van der Waals surface area contributed by atoms with Gasteiger partial charge in [-0.1, -0.05) is 24.3 Å². The van der Waals surface area contributed by atoms with Crippen LogP contribution in [-0.2, 0) is 13.0 Å². The van der Waals surface area contributed by atoms with E-state index < -0.39 is 0 Å². The van der Waals surface area contributed by atoms with Gasteiger partial charge in [0, 0.05) is 6.42 Å². The summed E-state index contributed by atoms with van der Waals surface area (Å²) in [7, 11) is 0. The van der Waals surface area contributed by atoms with E-state index in [1.54, 1.807) is 36.4 Å². The number of nitriles is 1. The zero-order chi connectivity index (χ0) is 18.5. The first-order valence-corrected chi connectivity index (χ1v) is 8.49. The fourth-order valence-corrected chi connectivity index (χ4v) is 2.59. The Hall–Kier alpha value is -2.98. The normalized spacial score (nSPS) is 10.3. The van der Waals surface area contributed by atoms with Gasteiger partial charge in [-0.05, 0) is 51.3 Å². The number of hydrogen-bond acceptors (Lipinski definition) is 4. The second-order valence-corrected chi connectivity index (χ2v) is 6.33. The second-order valence-electron chi connectivity index (χ2n) is 5.53. The van der Waals surface area contributed by atoms with Crippen molar-refractivity contribution in [1.82, 2.24) is 9.97 Å². The van der Waals surface area contributed by atoms with Crippen molar-refractivity contribution < 1.29 is 9.13 Å². The average Bonchev–Trinajstić information content (AvgIpc) is 2.65. The number of rotatable bonds is 5. The van der Waals surface area contributed by atoms with Crippen molar-refractivity contribution in [3.05, 3.63) is 91.7 Å². The lowest BCUT2D eigenvalue weighted by atomic mass is 10.1. The molecule has 0 aliphatic heterocycles. The fourth-order valence-electron chi connectivity index (χ4n) is 2.28. The molecule has 0 radical (unpaired) electrons. The molecule has 2 aromatic carbocycles. The first-order chi connectivity index (χ1) is 12.5. The SMILES string of the molecule is N#Cc1ccc(Cc2nc(OCc3ccc(F)cc3)c(Br)c(=O)[nH]2)cc1. The molecule has 0 saturated heterocycles. The highest BCUT2D eigenvalue weighted by Gasteiger charge is 2.11. The smallest absolute Gasteiger partial charge is 0.269 e. The Balaban J connectivity index is 1.78. The van der Waals surface area contributed by atoms with Crippen LogP contribution in [0.25, 0.3) is 0 Å². The van der Waals surface area contributed by atoms with Crippen molar-refractivity contribution in [2.75, 3.05) is 0 Å². The molecule has 5 nitrogen and oxygen atoms in total. The molecule has 3 aromatic rings. The Morgan fingerprint density at radius 3 is 2.42 bits per heavy atom. The summed E-state index contributed by atoms with van der Waals surface area (Å²) >= 11 is 3.18. The summed E-state index contributed by atoms with van der Waals surface area (Å²) in [5, 5.41) is 8.84. The number of ether oxygens (including phenoxy) is 1. The lowest BCUT2D eigenvalue weighted by molar-refractivity contribution is 0.289. The molecule has 7 heteroatoms. The third-order valence-corrected chi connectivity index (χ3v) is 4.32. The Morgan fingerprint density at radius 1 is 1.12 bits per heavy atom. The second kappa shape index (κ2) is 7.93. The quantitative estimate of drug-likeness (QED) is 0.691. The lowest BCUT2D eigenvalue weighted by Crippen LogP contribution is -2.15. The molecule has 1 aromatic heterocycles. The molecule has 0 amide bonds. The summed E-state index contributed by atoms with van der Waals surface area (Å²) in [6.45, 7) is 0.158. The van der Waals surface area contributed by atoms with Gasteiger partial charge in [0.1, 0.15) is 22.7 Å². The van der Waals surface area contributed by atoms with Crippen molar-refractivity contribution in [2.45, 2.75) is 13.0 Å². The molecular formula is C19H13BrFN3O2. The van der Waals surface area contributed by atoms with Crippen molar-refractivity contribution >= 4 is 15.9 Å². The van der Waals surface area contributed by atoms with E-state index in [0.29, 0.717) is 17.8 Å². The number of aromatic nitrogens is 2. The first-order valence-electron chi connectivity index (χ1n) is 7.70. The fraction of sp³-hybridized carbons (Fsp3) is 0.105. The molecule has 1 heterocycles. The van der Waals surface area contributed by atoms with Crippen molar-refractivity contribution in [3.63, 3.8) is 0 Å². The molecule has 3 rings (SSSR count). The third-order valence-electron chi connectivity index (χ3n) is 3.62. The van der Waals surface area contributed by atoms with Gasteiger partial charge >= 0.3 is 0 Å². The van der Waals surface area contributed by atoms with Crippen LogP contribution in [0.2, 0.25) is 0 Å². The van der Waals surface area contributed by atoms with E-state index >= 15 is 0 Å². The van der Waals surface area contributed by atoms with Crippen LogP contribution in [0, 0.1) is 17.1 Å². The molecule has 0 bridgehead atoms. The van der Waals surface area contributed by atoms with Crippen molar-refractivity contribution in [3.8, 4) is 11.9 Å². The van der Waals surface area contributed by atoms with Gasteiger partial charge in [0.05, 0.1) is 11.6 Å². The summed E-state index contributed by atoms with van der Waals surface area (Å²) in [6, 6.07) is 15.0. The van der Waals surface area contributed by atoms with E-state index in [1.165, 1.54) is 12.1 Å². The van der Waals surface area contributed by atoms with Crippen LogP contribution < -0.4 is 10.3 Å². The van der Waals surface area contributed by atoms with E-state index in [-0.39, 0.29) is 28.3 Å². The number of benzene rings is 2. The third kappa shape index (κ3) is 4.35. The van der Waals surface area contributed by atoms with Gasteiger partial charge < -0.3 is 9.72 Å². The molecule has 0 spiro atoms. The summed E-state index contributed by atoms with van der Waals surface area (Å²) in [4.78, 5) is 19.1. The summed E-state index contributed by atoms with van der Waals surface area (Å²) in [5.74, 6) is 0.285. The van der Waals surface area contributed by atoms with Gasteiger partial charge in [0.15, 0.2) is 0 Å². The zero-order valence-electron chi connectivity index (χ0n) is 13.5. The Kier molecular flexibility index (Phi) is 5.44. The number of nitrogens with one attached hydrogen (secondary N) is 1. The number of nitrogens with zero attached hydrogens (tertiary/aromatic N) is 2. The van der Waals surface area contributed by atoms with E-state index in [1.807, 2.05) is 0 Å². The Bertz CT molecular complexity index is 1010. The topological polar surface area (TPSA) is 78.8 Å². The van der Waals surface area contributed by atoms with Crippen LogP contribution in [-0.4, -0.2) is 9.97 Å². The minimum absolute atomic E-state index is 0.158. The first kappa shape index (κ1) is 17.8. The Morgan fingerprint density at radius 2 is 1.77 bits per heavy atom. The van der Waals surface area contributed by atoms with Crippen LogP contribution in [0.3, 0.4) is 0 Å². The maximum atomic E-state index is 13.0. The minimum atomic E-state index is -0.349. The average molecular weight is 414 g/mol. The molecule has 0 saturated carbocycles. The van der Waals surface area contributed by atoms with Gasteiger partial charge in [-0.3, -0.25) is 4.79 Å². The van der Waals surface area contributed by atoms with Gasteiger partial charge in [0.25, 0.3) is 5.56 Å². The minimum Gasteiger partial charge on any atom is -0.472 e. The van der Waals surface area contributed by atoms with Crippen LogP contribution in [0.5, 0.6) is 5.88 Å². The highest BCUT2D eigenvalue weighted by Crippen LogP contribution is 2.20. The molecule has 26 heavy (non-hydrogen) atoms. The van der Waals surface area contributed by atoms with E-state index in [4.69, 9.17) is 10.00 Å². The van der Waals surface area contributed by atoms with E-state index in [0.717, 1.165) is 11.1 Å². The van der Waals surface area contributed by atoms with Gasteiger partial charge in [0.2, 0.25) is 5.88 Å². The van der Waals surface area contributed by atoms with Crippen molar-refractivity contribution in [1.29, 1.82) is 5.26 Å². The predicted octanol–water partition coefficient (Wildman–Crippen LogP) is 3.71. The number of H-pyrrole nitrogens is 1. The maximum absolute atomic E-state index is 13.0. The molecule has 1 N–H and O–H groups in total. The summed E-state index contributed by atoms with van der Waals surface area (Å²) in [6.07, 6.45) is 0.390.